The molecule has 8 aliphatic rings. The Morgan fingerprint density at radius 3 is 1.44 bits per heavy atom. The van der Waals surface area contributed by atoms with Crippen molar-refractivity contribution in [2.45, 2.75) is 89.3 Å². The lowest BCUT2D eigenvalue weighted by Gasteiger charge is -2.57. The Labute approximate surface area is 296 Å². The summed E-state index contributed by atoms with van der Waals surface area (Å²) in [4.78, 5) is 0. The van der Waals surface area contributed by atoms with Crippen molar-refractivity contribution in [3.63, 3.8) is 0 Å². The predicted molar refractivity (Wildman–Crippen MR) is 196 cm³/mol. The molecule has 0 radical (unpaired) electrons. The lowest BCUT2D eigenvalue weighted by atomic mass is 9.52. The van der Waals surface area contributed by atoms with Crippen LogP contribution in [-0.2, 0) is 18.9 Å². The number of aliphatic hydroxyl groups excluding tert-OH is 1. The highest BCUT2D eigenvalue weighted by Crippen LogP contribution is 2.62. The van der Waals surface area contributed by atoms with E-state index in [1.165, 1.54) is 79.2 Å². The van der Waals surface area contributed by atoms with Gasteiger partial charge in [-0.2, -0.15) is 0 Å². The van der Waals surface area contributed by atoms with Gasteiger partial charge in [0.2, 0.25) is 0 Å². The average Bonchev–Trinajstić information content (AvgIpc) is 3.06. The molecule has 0 spiro atoms. The molecule has 2 aromatic rings. The number of aliphatic hydroxyl groups is 1. The molecule has 10 rings (SSSR count). The summed E-state index contributed by atoms with van der Waals surface area (Å²) in [5, 5.41) is 10.1. The Morgan fingerprint density at radius 2 is 1.08 bits per heavy atom. The number of aryl methyl sites for hydroxylation is 2. The Kier molecular flexibility index (Phi) is 10.2. The molecule has 8 saturated carbocycles. The third kappa shape index (κ3) is 6.68. The Morgan fingerprint density at radius 1 is 0.667 bits per heavy atom. The van der Waals surface area contributed by atoms with Crippen LogP contribution in [0.25, 0.3) is 11.5 Å². The highest BCUT2D eigenvalue weighted by Gasteiger charge is 2.56. The molecule has 5 nitrogen and oxygen atoms in total. The zero-order valence-electron chi connectivity index (χ0n) is 29.4. The van der Waals surface area contributed by atoms with E-state index >= 15 is 0 Å². The SMILES string of the molecule is COC(=C1C2CC3CC1CC(OCCBr)(C3)C2)c1cccc(C)c1.COC(=C1C2CC3CC1CC(OCCO)(C3)C2)c1cccc(C)c1. The molecule has 0 heterocycles. The summed E-state index contributed by atoms with van der Waals surface area (Å²) in [5.41, 5.74) is 8.28. The molecule has 8 fully saturated rings. The minimum absolute atomic E-state index is 0.00812. The summed E-state index contributed by atoms with van der Waals surface area (Å²) in [7, 11) is 3.65. The number of halogens is 1. The van der Waals surface area contributed by atoms with Gasteiger partial charge in [0.1, 0.15) is 11.5 Å². The second kappa shape index (κ2) is 14.2. The molecule has 4 atom stereocenters. The topological polar surface area (TPSA) is 57.2 Å². The van der Waals surface area contributed by atoms with Crippen LogP contribution in [0.1, 0.15) is 86.5 Å². The third-order valence-electron chi connectivity index (χ3n) is 12.5. The standard InChI is InChI=1S/C21H27BrO2.C21H28O3/c2*1-14-4-3-5-16(8-14)20(23-2)19-17-9-15-10-18(19)13-21(11-15,12-17)24-7-6-22/h3-5,8,15,17-18H,6-7,9-13H2,1-2H3;3-5,8,15,17-18,22H,6-7,9-13H2,1-2H3. The predicted octanol–water partition coefficient (Wildman–Crippen LogP) is 9.28. The Bertz CT molecular complexity index is 1380. The van der Waals surface area contributed by atoms with Crippen molar-refractivity contribution in [2.75, 3.05) is 39.4 Å². The molecule has 0 saturated heterocycles. The zero-order chi connectivity index (χ0) is 33.5. The van der Waals surface area contributed by atoms with Crippen molar-refractivity contribution < 1.29 is 24.1 Å². The number of allylic oxidation sites excluding steroid dienone is 2. The highest BCUT2D eigenvalue weighted by atomic mass is 79.9. The minimum Gasteiger partial charge on any atom is -0.496 e. The maximum atomic E-state index is 9.17. The van der Waals surface area contributed by atoms with Gasteiger partial charge in [-0.25, -0.2) is 0 Å². The van der Waals surface area contributed by atoms with Crippen LogP contribution < -0.4 is 0 Å². The lowest BCUT2D eigenvalue weighted by Crippen LogP contribution is -2.53. The third-order valence-corrected chi connectivity index (χ3v) is 12.8. The highest BCUT2D eigenvalue weighted by molar-refractivity contribution is 9.09. The van der Waals surface area contributed by atoms with Gasteiger partial charge in [-0.15, -0.1) is 0 Å². The van der Waals surface area contributed by atoms with E-state index in [1.807, 2.05) is 14.2 Å². The molecule has 0 aliphatic heterocycles. The summed E-state index contributed by atoms with van der Waals surface area (Å²) in [6.45, 7) is 5.72. The summed E-state index contributed by atoms with van der Waals surface area (Å²) in [5.74, 6) is 6.30. The fourth-order valence-corrected chi connectivity index (χ4v) is 11.6. The molecule has 8 aliphatic carbocycles. The van der Waals surface area contributed by atoms with E-state index in [0.29, 0.717) is 30.3 Å². The van der Waals surface area contributed by atoms with Gasteiger partial charge in [0.25, 0.3) is 0 Å². The van der Waals surface area contributed by atoms with Crippen molar-refractivity contribution in [3.05, 3.63) is 81.9 Å². The van der Waals surface area contributed by atoms with E-state index in [1.54, 1.807) is 5.57 Å². The first-order valence-electron chi connectivity index (χ1n) is 18.4. The van der Waals surface area contributed by atoms with Crippen molar-refractivity contribution in [3.8, 4) is 0 Å². The summed E-state index contributed by atoms with van der Waals surface area (Å²) in [6.07, 6.45) is 12.2. The number of alkyl halides is 1. The number of benzene rings is 2. The smallest absolute Gasteiger partial charge is 0.125 e. The first kappa shape index (κ1) is 34.3. The van der Waals surface area contributed by atoms with Crippen LogP contribution in [0.3, 0.4) is 0 Å². The van der Waals surface area contributed by atoms with Gasteiger partial charge in [0.15, 0.2) is 0 Å². The second-order valence-corrected chi connectivity index (χ2v) is 16.7. The van der Waals surface area contributed by atoms with Crippen LogP contribution in [0, 0.1) is 49.4 Å². The molecule has 0 aromatic heterocycles. The van der Waals surface area contributed by atoms with Gasteiger partial charge in [-0.1, -0.05) is 63.5 Å². The van der Waals surface area contributed by atoms with Crippen LogP contribution in [-0.4, -0.2) is 55.7 Å². The van der Waals surface area contributed by atoms with Crippen LogP contribution >= 0.6 is 15.9 Å². The van der Waals surface area contributed by atoms with E-state index in [9.17, 15) is 0 Å². The molecule has 0 amide bonds. The molecule has 8 bridgehead atoms. The zero-order valence-corrected chi connectivity index (χ0v) is 31.0. The van der Waals surface area contributed by atoms with Gasteiger partial charge in [0, 0.05) is 16.5 Å². The van der Waals surface area contributed by atoms with Crippen LogP contribution in [0.5, 0.6) is 0 Å². The molecule has 4 unspecified atom stereocenters. The van der Waals surface area contributed by atoms with Crippen molar-refractivity contribution >= 4 is 27.4 Å². The van der Waals surface area contributed by atoms with Gasteiger partial charge in [0.05, 0.1) is 45.2 Å². The van der Waals surface area contributed by atoms with E-state index in [4.69, 9.17) is 24.1 Å². The average molecular weight is 720 g/mol. The fourth-order valence-electron chi connectivity index (χ4n) is 11.4. The molecule has 48 heavy (non-hydrogen) atoms. The molecular weight excluding hydrogens is 664 g/mol. The fraction of sp³-hybridized carbons (Fsp3) is 0.619. The maximum Gasteiger partial charge on any atom is 0.125 e. The van der Waals surface area contributed by atoms with E-state index < -0.39 is 0 Å². The summed E-state index contributed by atoms with van der Waals surface area (Å²) < 4.78 is 24.4. The minimum atomic E-state index is 0.00812. The maximum absolute atomic E-state index is 9.17. The first-order valence-corrected chi connectivity index (χ1v) is 19.5. The molecule has 260 valence electrons. The van der Waals surface area contributed by atoms with Crippen LogP contribution in [0.4, 0.5) is 0 Å². The van der Waals surface area contributed by atoms with Gasteiger partial charge in [-0.05, 0) is 137 Å². The van der Waals surface area contributed by atoms with Crippen LogP contribution in [0.2, 0.25) is 0 Å². The number of hydrogen-bond acceptors (Lipinski definition) is 5. The number of rotatable bonds is 10. The Balaban J connectivity index is 0.000000152. The van der Waals surface area contributed by atoms with Crippen molar-refractivity contribution in [1.29, 1.82) is 0 Å². The second-order valence-electron chi connectivity index (χ2n) is 15.9. The first-order chi connectivity index (χ1) is 23.3. The normalized spacial score (nSPS) is 33.8. The molecule has 2 aromatic carbocycles. The van der Waals surface area contributed by atoms with E-state index in [0.717, 1.165) is 48.1 Å². The monoisotopic (exact) mass is 718 g/mol. The quantitative estimate of drug-likeness (QED) is 0.196. The van der Waals surface area contributed by atoms with Gasteiger partial charge >= 0.3 is 0 Å². The van der Waals surface area contributed by atoms with Gasteiger partial charge in [-0.3, -0.25) is 0 Å². The lowest BCUT2D eigenvalue weighted by molar-refractivity contribution is -0.149. The number of ether oxygens (including phenoxy) is 4. The molecule has 1 N–H and O–H groups in total. The largest absolute Gasteiger partial charge is 0.496 e. The summed E-state index contributed by atoms with van der Waals surface area (Å²) >= 11 is 3.52. The van der Waals surface area contributed by atoms with Gasteiger partial charge < -0.3 is 24.1 Å². The van der Waals surface area contributed by atoms with E-state index in [2.05, 4.69) is 78.3 Å². The van der Waals surface area contributed by atoms with Crippen molar-refractivity contribution in [2.24, 2.45) is 35.5 Å². The summed E-state index contributed by atoms with van der Waals surface area (Å²) in [6, 6.07) is 17.4. The molecule has 6 heteroatoms. The van der Waals surface area contributed by atoms with Crippen LogP contribution in [0.15, 0.2) is 59.7 Å². The number of methoxy groups -OCH3 is 2. The molecular formula is C42H55BrO5. The van der Waals surface area contributed by atoms with E-state index in [-0.39, 0.29) is 17.8 Å². The number of hydrogen-bond donors (Lipinski definition) is 1. The Hall–Kier alpha value is -2.12. The van der Waals surface area contributed by atoms with Crippen molar-refractivity contribution in [1.82, 2.24) is 0 Å².